The van der Waals surface area contributed by atoms with E-state index >= 15 is 0 Å². The highest BCUT2D eigenvalue weighted by molar-refractivity contribution is 5.82. The van der Waals surface area contributed by atoms with E-state index < -0.39 is 0 Å². The SMILES string of the molecule is C[C@@H](C#N)NC(=O)[C@H]1CC1(C)C. The van der Waals surface area contributed by atoms with Crippen LogP contribution in [-0.2, 0) is 4.79 Å². The van der Waals surface area contributed by atoms with Crippen LogP contribution in [0, 0.1) is 22.7 Å². The van der Waals surface area contributed by atoms with Gasteiger partial charge in [0.25, 0.3) is 0 Å². The predicted molar refractivity (Wildman–Crippen MR) is 45.1 cm³/mol. The van der Waals surface area contributed by atoms with E-state index in [1.807, 2.05) is 6.07 Å². The summed E-state index contributed by atoms with van der Waals surface area (Å²) < 4.78 is 0. The monoisotopic (exact) mass is 166 g/mol. The van der Waals surface area contributed by atoms with Crippen molar-refractivity contribution in [1.82, 2.24) is 5.32 Å². The van der Waals surface area contributed by atoms with Crippen LogP contribution in [0.2, 0.25) is 0 Å². The first-order valence-corrected chi connectivity index (χ1v) is 4.17. The molecule has 0 spiro atoms. The second-order valence-corrected chi connectivity index (χ2v) is 4.10. The van der Waals surface area contributed by atoms with Crippen LogP contribution in [-0.4, -0.2) is 11.9 Å². The van der Waals surface area contributed by atoms with Crippen LogP contribution in [0.5, 0.6) is 0 Å². The van der Waals surface area contributed by atoms with Gasteiger partial charge >= 0.3 is 0 Å². The van der Waals surface area contributed by atoms with Crippen LogP contribution >= 0.6 is 0 Å². The van der Waals surface area contributed by atoms with E-state index in [0.717, 1.165) is 6.42 Å². The fraction of sp³-hybridized carbons (Fsp3) is 0.778. The lowest BCUT2D eigenvalue weighted by atomic mass is 10.1. The summed E-state index contributed by atoms with van der Waals surface area (Å²) in [4.78, 5) is 11.3. The number of rotatable bonds is 2. The summed E-state index contributed by atoms with van der Waals surface area (Å²) in [7, 11) is 0. The molecular weight excluding hydrogens is 152 g/mol. The van der Waals surface area contributed by atoms with E-state index in [1.54, 1.807) is 6.92 Å². The van der Waals surface area contributed by atoms with Gasteiger partial charge in [-0.2, -0.15) is 5.26 Å². The van der Waals surface area contributed by atoms with Crippen molar-refractivity contribution in [2.75, 3.05) is 0 Å². The van der Waals surface area contributed by atoms with Crippen LogP contribution in [0.15, 0.2) is 0 Å². The number of hydrogen-bond donors (Lipinski definition) is 1. The van der Waals surface area contributed by atoms with Crippen molar-refractivity contribution >= 4 is 5.91 Å². The maximum atomic E-state index is 11.3. The molecule has 1 aliphatic rings. The Balaban J connectivity index is 2.38. The van der Waals surface area contributed by atoms with Crippen molar-refractivity contribution in [1.29, 1.82) is 5.26 Å². The number of nitrogens with zero attached hydrogens (tertiary/aromatic N) is 1. The molecule has 0 aromatic heterocycles. The van der Waals surface area contributed by atoms with Crippen LogP contribution in [0.3, 0.4) is 0 Å². The summed E-state index contributed by atoms with van der Waals surface area (Å²) in [6.45, 7) is 5.82. The Labute approximate surface area is 72.8 Å². The molecule has 12 heavy (non-hydrogen) atoms. The van der Waals surface area contributed by atoms with Gasteiger partial charge in [-0.15, -0.1) is 0 Å². The third-order valence-electron chi connectivity index (χ3n) is 2.38. The first-order chi connectivity index (χ1) is 5.47. The molecule has 1 aliphatic carbocycles. The van der Waals surface area contributed by atoms with E-state index in [1.165, 1.54) is 0 Å². The number of carbonyl (C=O) groups is 1. The summed E-state index contributed by atoms with van der Waals surface area (Å²) in [5.41, 5.74) is 0.152. The number of nitriles is 1. The first-order valence-electron chi connectivity index (χ1n) is 4.17. The van der Waals surface area contributed by atoms with E-state index in [9.17, 15) is 4.79 Å². The molecule has 1 N–H and O–H groups in total. The smallest absolute Gasteiger partial charge is 0.224 e. The summed E-state index contributed by atoms with van der Waals surface area (Å²) in [6, 6.07) is 1.61. The molecule has 66 valence electrons. The molecule has 2 atom stereocenters. The zero-order chi connectivity index (χ0) is 9.35. The maximum Gasteiger partial charge on any atom is 0.224 e. The van der Waals surface area contributed by atoms with Gasteiger partial charge in [-0.3, -0.25) is 4.79 Å². The van der Waals surface area contributed by atoms with Crippen molar-refractivity contribution in [3.8, 4) is 6.07 Å². The van der Waals surface area contributed by atoms with Gasteiger partial charge in [-0.1, -0.05) is 13.8 Å². The summed E-state index contributed by atoms with van der Waals surface area (Å²) in [5.74, 6) is 0.141. The molecule has 1 amide bonds. The average Bonchev–Trinajstić information content (AvgIpc) is 2.59. The van der Waals surface area contributed by atoms with Gasteiger partial charge < -0.3 is 5.32 Å². The number of carbonyl (C=O) groups excluding carboxylic acids is 1. The second-order valence-electron chi connectivity index (χ2n) is 4.10. The minimum atomic E-state index is -0.367. The van der Waals surface area contributed by atoms with Gasteiger partial charge in [0.05, 0.1) is 6.07 Å². The van der Waals surface area contributed by atoms with E-state index in [2.05, 4.69) is 19.2 Å². The highest BCUT2D eigenvalue weighted by Crippen LogP contribution is 2.51. The normalized spacial score (nSPS) is 27.0. The maximum absolute atomic E-state index is 11.3. The first kappa shape index (κ1) is 9.05. The standard InChI is InChI=1S/C9H14N2O/c1-6(5-10)11-8(12)7-4-9(7,2)3/h6-7H,4H2,1-3H3,(H,11,12)/t6-,7+/m0/s1. The Bertz CT molecular complexity index is 239. The predicted octanol–water partition coefficient (Wildman–Crippen LogP) is 1.06. The molecule has 0 radical (unpaired) electrons. The molecular formula is C9H14N2O. The lowest BCUT2D eigenvalue weighted by Gasteiger charge is -2.06. The van der Waals surface area contributed by atoms with Crippen molar-refractivity contribution in [2.24, 2.45) is 11.3 Å². The second kappa shape index (κ2) is 2.78. The molecule has 0 aromatic rings. The van der Waals surface area contributed by atoms with Crippen LogP contribution in [0.25, 0.3) is 0 Å². The molecule has 1 saturated carbocycles. The fourth-order valence-electron chi connectivity index (χ4n) is 1.26. The Morgan fingerprint density at radius 1 is 1.75 bits per heavy atom. The van der Waals surface area contributed by atoms with E-state index in [4.69, 9.17) is 5.26 Å². The Kier molecular flexibility index (Phi) is 2.10. The van der Waals surface area contributed by atoms with Crippen molar-refractivity contribution < 1.29 is 4.79 Å². The molecule has 0 aliphatic heterocycles. The topological polar surface area (TPSA) is 52.9 Å². The molecule has 1 fully saturated rings. The molecule has 0 bridgehead atoms. The molecule has 3 heteroatoms. The zero-order valence-corrected chi connectivity index (χ0v) is 7.72. The summed E-state index contributed by atoms with van der Waals surface area (Å²) in [6.07, 6.45) is 0.941. The van der Waals surface area contributed by atoms with Gasteiger partial charge in [-0.05, 0) is 18.8 Å². The van der Waals surface area contributed by atoms with Gasteiger partial charge in [0.2, 0.25) is 5.91 Å². The Hall–Kier alpha value is -1.04. The summed E-state index contributed by atoms with van der Waals surface area (Å²) >= 11 is 0. The lowest BCUT2D eigenvalue weighted by Crippen LogP contribution is -2.33. The molecule has 3 nitrogen and oxygen atoms in total. The highest BCUT2D eigenvalue weighted by atomic mass is 16.2. The van der Waals surface area contributed by atoms with Crippen molar-refractivity contribution in [3.05, 3.63) is 0 Å². The fourth-order valence-corrected chi connectivity index (χ4v) is 1.26. The molecule has 0 aromatic carbocycles. The zero-order valence-electron chi connectivity index (χ0n) is 7.72. The molecule has 0 saturated heterocycles. The van der Waals surface area contributed by atoms with Gasteiger partial charge in [0.15, 0.2) is 0 Å². The Morgan fingerprint density at radius 3 is 2.58 bits per heavy atom. The van der Waals surface area contributed by atoms with Crippen LogP contribution < -0.4 is 5.32 Å². The van der Waals surface area contributed by atoms with Gasteiger partial charge in [-0.25, -0.2) is 0 Å². The third-order valence-corrected chi connectivity index (χ3v) is 2.38. The quantitative estimate of drug-likeness (QED) is 0.667. The molecule has 0 unspecified atom stereocenters. The minimum Gasteiger partial charge on any atom is -0.340 e. The average molecular weight is 166 g/mol. The molecule has 0 heterocycles. The van der Waals surface area contributed by atoms with Crippen LogP contribution in [0.1, 0.15) is 27.2 Å². The van der Waals surface area contributed by atoms with Gasteiger partial charge in [0.1, 0.15) is 6.04 Å². The van der Waals surface area contributed by atoms with Gasteiger partial charge in [0, 0.05) is 5.92 Å². The van der Waals surface area contributed by atoms with E-state index in [-0.39, 0.29) is 23.3 Å². The Morgan fingerprint density at radius 2 is 2.25 bits per heavy atom. The largest absolute Gasteiger partial charge is 0.340 e. The lowest BCUT2D eigenvalue weighted by molar-refractivity contribution is -0.123. The number of nitrogens with one attached hydrogen (secondary N) is 1. The summed E-state index contributed by atoms with van der Waals surface area (Å²) in [5, 5.41) is 11.1. The van der Waals surface area contributed by atoms with Crippen LogP contribution in [0.4, 0.5) is 0 Å². The third kappa shape index (κ3) is 1.76. The van der Waals surface area contributed by atoms with E-state index in [0.29, 0.717) is 0 Å². The van der Waals surface area contributed by atoms with Crippen molar-refractivity contribution in [3.63, 3.8) is 0 Å². The number of amides is 1. The highest BCUT2D eigenvalue weighted by Gasteiger charge is 2.50. The van der Waals surface area contributed by atoms with Crippen molar-refractivity contribution in [2.45, 2.75) is 33.2 Å². The minimum absolute atomic E-state index is 0.0223. The molecule has 1 rings (SSSR count). The number of hydrogen-bond acceptors (Lipinski definition) is 2.